The van der Waals surface area contributed by atoms with Crippen LogP contribution in [0.1, 0.15) is 168 Å². The van der Waals surface area contributed by atoms with E-state index in [2.05, 4.69) is 32.1 Å². The van der Waals surface area contributed by atoms with E-state index >= 15 is 0 Å². The summed E-state index contributed by atoms with van der Waals surface area (Å²) in [6.07, 6.45) is 36.5. The number of ether oxygens (including phenoxy) is 2. The summed E-state index contributed by atoms with van der Waals surface area (Å²) in [5.74, 6) is -0.666. The van der Waals surface area contributed by atoms with Gasteiger partial charge in [-0.1, -0.05) is 159 Å². The molecule has 0 aromatic rings. The Morgan fingerprint density at radius 2 is 1.16 bits per heavy atom. The first-order valence-corrected chi connectivity index (χ1v) is 18.2. The zero-order valence-corrected chi connectivity index (χ0v) is 28.5. The molecule has 0 spiro atoms. The molecule has 0 heterocycles. The van der Waals surface area contributed by atoms with E-state index in [9.17, 15) is 19.8 Å². The molecule has 0 amide bonds. The minimum Gasteiger partial charge on any atom is -0.462 e. The van der Waals surface area contributed by atoms with E-state index in [0.29, 0.717) is 6.42 Å². The Bertz CT molecular complexity index is 729. The minimum absolute atomic E-state index is 0.0951. The SMILES string of the molecule is CC/C=C/C/C=C/C=C/C(O)CCCCCCCC(=O)O[C@@H](CO)COC(=O)CCCCCCCCCCCCCCCC. The average molecular weight is 621 g/mol. The van der Waals surface area contributed by atoms with Crippen LogP contribution in [0, 0.1) is 0 Å². The first-order chi connectivity index (χ1) is 21.5. The number of unbranched alkanes of at least 4 members (excludes halogenated alkanes) is 17. The van der Waals surface area contributed by atoms with Crippen LogP contribution in [0.3, 0.4) is 0 Å². The van der Waals surface area contributed by atoms with Crippen molar-refractivity contribution < 1.29 is 29.3 Å². The van der Waals surface area contributed by atoms with Crippen molar-refractivity contribution in [2.45, 2.75) is 180 Å². The molecule has 0 rings (SSSR count). The summed E-state index contributed by atoms with van der Waals surface area (Å²) in [4.78, 5) is 24.2. The molecule has 2 N–H and O–H groups in total. The van der Waals surface area contributed by atoms with Gasteiger partial charge in [-0.25, -0.2) is 0 Å². The highest BCUT2D eigenvalue weighted by molar-refractivity contribution is 5.70. The second-order valence-corrected chi connectivity index (χ2v) is 12.1. The van der Waals surface area contributed by atoms with Gasteiger partial charge in [0.25, 0.3) is 0 Å². The van der Waals surface area contributed by atoms with Crippen LogP contribution in [0.5, 0.6) is 0 Å². The molecule has 0 saturated heterocycles. The van der Waals surface area contributed by atoms with Crippen molar-refractivity contribution in [2.24, 2.45) is 0 Å². The molecule has 256 valence electrons. The fourth-order valence-electron chi connectivity index (χ4n) is 5.03. The Balaban J connectivity index is 3.66. The number of allylic oxidation sites excluding steroid dienone is 5. The third-order valence-corrected chi connectivity index (χ3v) is 7.80. The molecule has 6 heteroatoms. The molecule has 0 bridgehead atoms. The zero-order valence-electron chi connectivity index (χ0n) is 28.5. The summed E-state index contributed by atoms with van der Waals surface area (Å²) in [5.41, 5.74) is 0. The van der Waals surface area contributed by atoms with Gasteiger partial charge in [-0.15, -0.1) is 0 Å². The fourth-order valence-corrected chi connectivity index (χ4v) is 5.03. The van der Waals surface area contributed by atoms with E-state index in [4.69, 9.17) is 9.47 Å². The van der Waals surface area contributed by atoms with Gasteiger partial charge in [0.15, 0.2) is 6.10 Å². The van der Waals surface area contributed by atoms with Crippen molar-refractivity contribution in [2.75, 3.05) is 13.2 Å². The lowest BCUT2D eigenvalue weighted by Crippen LogP contribution is -2.28. The Kier molecular flexibility index (Phi) is 32.5. The Morgan fingerprint density at radius 3 is 1.70 bits per heavy atom. The van der Waals surface area contributed by atoms with Gasteiger partial charge in [0.1, 0.15) is 6.61 Å². The number of aliphatic hydroxyl groups is 2. The number of hydrogen-bond donors (Lipinski definition) is 2. The van der Waals surface area contributed by atoms with Crippen LogP contribution in [0.15, 0.2) is 36.5 Å². The molecule has 2 atom stereocenters. The molecule has 6 nitrogen and oxygen atoms in total. The molecule has 0 fully saturated rings. The highest BCUT2D eigenvalue weighted by atomic mass is 16.6. The van der Waals surface area contributed by atoms with Crippen molar-refractivity contribution >= 4 is 11.9 Å². The number of rotatable bonds is 32. The summed E-state index contributed by atoms with van der Waals surface area (Å²) in [6.45, 7) is 3.92. The third kappa shape index (κ3) is 31.5. The van der Waals surface area contributed by atoms with Gasteiger partial charge >= 0.3 is 11.9 Å². The van der Waals surface area contributed by atoms with Crippen molar-refractivity contribution in [1.29, 1.82) is 0 Å². The molecule has 44 heavy (non-hydrogen) atoms. The predicted molar refractivity (Wildman–Crippen MR) is 184 cm³/mol. The van der Waals surface area contributed by atoms with Crippen LogP contribution in [-0.4, -0.2) is 47.6 Å². The maximum absolute atomic E-state index is 12.1. The van der Waals surface area contributed by atoms with E-state index in [1.165, 1.54) is 70.6 Å². The number of aliphatic hydroxyl groups excluding tert-OH is 2. The fraction of sp³-hybridized carbons (Fsp3) is 0.789. The molecule has 0 radical (unpaired) electrons. The van der Waals surface area contributed by atoms with Gasteiger partial charge in [-0.2, -0.15) is 0 Å². The Morgan fingerprint density at radius 1 is 0.636 bits per heavy atom. The van der Waals surface area contributed by atoms with Gasteiger partial charge in [0, 0.05) is 12.8 Å². The van der Waals surface area contributed by atoms with Crippen LogP contribution in [0.2, 0.25) is 0 Å². The van der Waals surface area contributed by atoms with E-state index in [1.54, 1.807) is 0 Å². The summed E-state index contributed by atoms with van der Waals surface area (Å²) in [7, 11) is 0. The van der Waals surface area contributed by atoms with E-state index in [1.807, 2.05) is 18.2 Å². The predicted octanol–water partition coefficient (Wildman–Crippen LogP) is 9.87. The van der Waals surface area contributed by atoms with Crippen molar-refractivity contribution in [1.82, 2.24) is 0 Å². The average Bonchev–Trinajstić information content (AvgIpc) is 3.02. The van der Waals surface area contributed by atoms with Crippen LogP contribution in [0.4, 0.5) is 0 Å². The highest BCUT2D eigenvalue weighted by Gasteiger charge is 2.16. The molecule has 0 aromatic carbocycles. The van der Waals surface area contributed by atoms with Gasteiger partial charge in [-0.3, -0.25) is 9.59 Å². The lowest BCUT2D eigenvalue weighted by Gasteiger charge is -2.15. The second kappa shape index (κ2) is 34.0. The Labute approximate surface area is 270 Å². The zero-order chi connectivity index (χ0) is 32.4. The first kappa shape index (κ1) is 42.1. The standard InChI is InChI=1S/C38H68O6/c1-3-5-7-9-11-12-13-14-15-16-17-19-23-27-31-37(41)43-34-36(33-39)44-38(42)32-28-24-20-22-26-30-35(40)29-25-21-18-10-8-6-4-2/h6,8,18,21,25,29,35-36,39-40H,3-5,7,9-17,19-20,22-24,26-28,30-34H2,1-2H3/b8-6+,21-18+,29-25+/t35?,36-/m0/s1. The van der Waals surface area contributed by atoms with E-state index in [0.717, 1.165) is 70.6 Å². The van der Waals surface area contributed by atoms with Crippen LogP contribution < -0.4 is 0 Å². The van der Waals surface area contributed by atoms with Gasteiger partial charge in [0.2, 0.25) is 0 Å². The Hall–Kier alpha value is -1.92. The van der Waals surface area contributed by atoms with Crippen LogP contribution in [-0.2, 0) is 19.1 Å². The monoisotopic (exact) mass is 621 g/mol. The van der Waals surface area contributed by atoms with Crippen LogP contribution in [0.25, 0.3) is 0 Å². The molecular weight excluding hydrogens is 552 g/mol. The number of esters is 2. The molecule has 0 aliphatic heterocycles. The number of carbonyl (C=O) groups excluding carboxylic acids is 2. The summed E-state index contributed by atoms with van der Waals surface area (Å²) in [5, 5.41) is 19.6. The van der Waals surface area contributed by atoms with Crippen molar-refractivity contribution in [3.05, 3.63) is 36.5 Å². The summed E-state index contributed by atoms with van der Waals surface area (Å²) >= 11 is 0. The first-order valence-electron chi connectivity index (χ1n) is 18.2. The molecule has 1 unspecified atom stereocenters. The molecule has 0 saturated carbocycles. The summed E-state index contributed by atoms with van der Waals surface area (Å²) in [6, 6.07) is 0. The lowest BCUT2D eigenvalue weighted by atomic mass is 10.0. The van der Waals surface area contributed by atoms with Crippen molar-refractivity contribution in [3.8, 4) is 0 Å². The number of carbonyl (C=O) groups is 2. The molecule has 0 aliphatic rings. The minimum atomic E-state index is -0.806. The highest BCUT2D eigenvalue weighted by Crippen LogP contribution is 2.14. The largest absolute Gasteiger partial charge is 0.462 e. The van der Waals surface area contributed by atoms with Gasteiger partial charge in [-0.05, 0) is 32.1 Å². The van der Waals surface area contributed by atoms with E-state index in [-0.39, 0.29) is 31.6 Å². The molecule has 0 aromatic heterocycles. The van der Waals surface area contributed by atoms with Crippen LogP contribution >= 0.6 is 0 Å². The lowest BCUT2D eigenvalue weighted by molar-refractivity contribution is -0.161. The second-order valence-electron chi connectivity index (χ2n) is 12.1. The smallest absolute Gasteiger partial charge is 0.306 e. The van der Waals surface area contributed by atoms with E-state index < -0.39 is 12.2 Å². The van der Waals surface area contributed by atoms with Crippen molar-refractivity contribution in [3.63, 3.8) is 0 Å². The third-order valence-electron chi connectivity index (χ3n) is 7.80. The maximum Gasteiger partial charge on any atom is 0.306 e. The topological polar surface area (TPSA) is 93.1 Å². The number of hydrogen-bond acceptors (Lipinski definition) is 6. The van der Waals surface area contributed by atoms with Gasteiger partial charge < -0.3 is 19.7 Å². The maximum atomic E-state index is 12.1. The summed E-state index contributed by atoms with van der Waals surface area (Å²) < 4.78 is 10.5. The molecule has 0 aliphatic carbocycles. The van der Waals surface area contributed by atoms with Gasteiger partial charge in [0.05, 0.1) is 12.7 Å². The molecular formula is C38H68O6. The quantitative estimate of drug-likeness (QED) is 0.0336. The normalized spacial score (nSPS) is 13.3.